The lowest BCUT2D eigenvalue weighted by Crippen LogP contribution is -2.42. The molecule has 0 N–H and O–H groups in total. The predicted molar refractivity (Wildman–Crippen MR) is 86.9 cm³/mol. The van der Waals surface area contributed by atoms with Crippen molar-refractivity contribution in [1.29, 1.82) is 0 Å². The minimum atomic E-state index is -0.0656. The Morgan fingerprint density at radius 2 is 1.88 bits per heavy atom. The van der Waals surface area contributed by atoms with Crippen molar-refractivity contribution in [2.24, 2.45) is 11.8 Å². The van der Waals surface area contributed by atoms with Crippen LogP contribution in [0.15, 0.2) is 28.8 Å². The molecule has 0 radical (unpaired) electrons. The highest BCUT2D eigenvalue weighted by Gasteiger charge is 2.28. The molecule has 1 amide bonds. The SMILES string of the molecule is C[C@@H]1C[C@H](C)CN(C(=O)c2cc(-c3ccc4c(c3)OCO4)on2)C1. The molecule has 1 aromatic heterocycles. The zero-order valence-corrected chi connectivity index (χ0v) is 13.8. The summed E-state index contributed by atoms with van der Waals surface area (Å²) >= 11 is 0. The molecule has 0 bridgehead atoms. The van der Waals surface area contributed by atoms with E-state index >= 15 is 0 Å². The first kappa shape index (κ1) is 15.1. The number of ether oxygens (including phenoxy) is 2. The lowest BCUT2D eigenvalue weighted by molar-refractivity contribution is 0.0613. The molecule has 2 atom stereocenters. The van der Waals surface area contributed by atoms with Crippen molar-refractivity contribution in [3.05, 3.63) is 30.0 Å². The Morgan fingerprint density at radius 1 is 1.12 bits per heavy atom. The van der Waals surface area contributed by atoms with E-state index in [-0.39, 0.29) is 12.7 Å². The van der Waals surface area contributed by atoms with Gasteiger partial charge < -0.3 is 18.9 Å². The molecule has 1 fully saturated rings. The third-order valence-corrected chi connectivity index (χ3v) is 4.54. The summed E-state index contributed by atoms with van der Waals surface area (Å²) < 4.78 is 16.1. The average Bonchev–Trinajstić information content (AvgIpc) is 3.21. The standard InChI is InChI=1S/C18H20N2O4/c1-11-5-12(2)9-20(8-11)18(21)14-7-16(24-19-14)13-3-4-15-17(6-13)23-10-22-15/h3-4,6-7,11-12H,5,8-10H2,1-2H3/t11-,12+. The van der Waals surface area contributed by atoms with Crippen molar-refractivity contribution in [2.75, 3.05) is 19.9 Å². The number of piperidine rings is 1. The van der Waals surface area contributed by atoms with Crippen LogP contribution in [0.3, 0.4) is 0 Å². The van der Waals surface area contributed by atoms with Gasteiger partial charge >= 0.3 is 0 Å². The Balaban J connectivity index is 1.55. The van der Waals surface area contributed by atoms with Crippen LogP contribution < -0.4 is 9.47 Å². The Kier molecular flexibility index (Phi) is 3.67. The van der Waals surface area contributed by atoms with E-state index in [4.69, 9.17) is 14.0 Å². The minimum absolute atomic E-state index is 0.0656. The molecule has 6 heteroatoms. The Morgan fingerprint density at radius 3 is 2.67 bits per heavy atom. The topological polar surface area (TPSA) is 64.8 Å². The van der Waals surface area contributed by atoms with Crippen LogP contribution in [0.2, 0.25) is 0 Å². The molecule has 3 heterocycles. The summed E-state index contributed by atoms with van der Waals surface area (Å²) in [5, 5.41) is 3.97. The van der Waals surface area contributed by atoms with Crippen molar-refractivity contribution in [3.8, 4) is 22.8 Å². The van der Waals surface area contributed by atoms with Crippen molar-refractivity contribution >= 4 is 5.91 Å². The van der Waals surface area contributed by atoms with Gasteiger partial charge in [0.25, 0.3) is 5.91 Å². The molecule has 1 aromatic carbocycles. The van der Waals surface area contributed by atoms with Crippen LogP contribution in [0, 0.1) is 11.8 Å². The molecule has 0 unspecified atom stereocenters. The molecule has 0 spiro atoms. The van der Waals surface area contributed by atoms with Gasteiger partial charge in [0.05, 0.1) is 0 Å². The fourth-order valence-electron chi connectivity index (χ4n) is 3.55. The van der Waals surface area contributed by atoms with Crippen LogP contribution in [0.4, 0.5) is 0 Å². The fraction of sp³-hybridized carbons (Fsp3) is 0.444. The molecule has 0 aliphatic carbocycles. The van der Waals surface area contributed by atoms with Crippen molar-refractivity contribution in [3.63, 3.8) is 0 Å². The van der Waals surface area contributed by atoms with Gasteiger partial charge in [0, 0.05) is 24.7 Å². The van der Waals surface area contributed by atoms with Crippen molar-refractivity contribution < 1.29 is 18.8 Å². The summed E-state index contributed by atoms with van der Waals surface area (Å²) in [6.07, 6.45) is 1.16. The summed E-state index contributed by atoms with van der Waals surface area (Å²) in [4.78, 5) is 14.6. The summed E-state index contributed by atoms with van der Waals surface area (Å²) in [6.45, 7) is 6.13. The van der Waals surface area contributed by atoms with Crippen molar-refractivity contribution in [1.82, 2.24) is 10.1 Å². The van der Waals surface area contributed by atoms with Crippen LogP contribution >= 0.6 is 0 Å². The Bertz CT molecular complexity index is 760. The number of hydrogen-bond donors (Lipinski definition) is 0. The summed E-state index contributed by atoms with van der Waals surface area (Å²) in [7, 11) is 0. The number of rotatable bonds is 2. The first-order valence-electron chi connectivity index (χ1n) is 8.26. The lowest BCUT2D eigenvalue weighted by atomic mass is 9.92. The van der Waals surface area contributed by atoms with Crippen molar-refractivity contribution in [2.45, 2.75) is 20.3 Å². The van der Waals surface area contributed by atoms with E-state index in [0.29, 0.717) is 34.8 Å². The number of carbonyl (C=O) groups excluding carboxylic acids is 1. The fourth-order valence-corrected chi connectivity index (χ4v) is 3.55. The van der Waals surface area contributed by atoms with Gasteiger partial charge in [-0.05, 0) is 36.5 Å². The van der Waals surface area contributed by atoms with E-state index in [1.165, 1.54) is 0 Å². The highest BCUT2D eigenvalue weighted by molar-refractivity contribution is 5.93. The predicted octanol–water partition coefficient (Wildman–Crippen LogP) is 3.19. The number of amides is 1. The van der Waals surface area contributed by atoms with E-state index in [2.05, 4.69) is 19.0 Å². The minimum Gasteiger partial charge on any atom is -0.454 e. The number of aromatic nitrogens is 1. The number of likely N-dealkylation sites (tertiary alicyclic amines) is 1. The van der Waals surface area contributed by atoms with Crippen LogP contribution in [0.25, 0.3) is 11.3 Å². The van der Waals surface area contributed by atoms with Gasteiger partial charge in [-0.25, -0.2) is 0 Å². The van der Waals surface area contributed by atoms with Gasteiger partial charge in [0.1, 0.15) is 0 Å². The summed E-state index contributed by atoms with van der Waals surface area (Å²) in [5.74, 6) is 2.90. The van der Waals surface area contributed by atoms with E-state index in [1.54, 1.807) is 6.07 Å². The molecular formula is C18H20N2O4. The van der Waals surface area contributed by atoms with Gasteiger partial charge in [-0.3, -0.25) is 4.79 Å². The second kappa shape index (κ2) is 5.85. The Hall–Kier alpha value is -2.50. The second-order valence-electron chi connectivity index (χ2n) is 6.80. The number of fused-ring (bicyclic) bond motifs is 1. The molecule has 2 aromatic rings. The highest BCUT2D eigenvalue weighted by atomic mass is 16.7. The third-order valence-electron chi connectivity index (χ3n) is 4.54. The molecule has 24 heavy (non-hydrogen) atoms. The van der Waals surface area contributed by atoms with Gasteiger partial charge in [0.15, 0.2) is 23.0 Å². The zero-order valence-electron chi connectivity index (χ0n) is 13.8. The zero-order chi connectivity index (χ0) is 16.7. The monoisotopic (exact) mass is 328 g/mol. The molecule has 126 valence electrons. The smallest absolute Gasteiger partial charge is 0.276 e. The number of nitrogens with zero attached hydrogens (tertiary/aromatic N) is 2. The van der Waals surface area contributed by atoms with Crippen LogP contribution in [0.5, 0.6) is 11.5 Å². The molecule has 0 saturated carbocycles. The average molecular weight is 328 g/mol. The number of benzene rings is 1. The normalized spacial score (nSPS) is 22.7. The largest absolute Gasteiger partial charge is 0.454 e. The van der Waals surface area contributed by atoms with Crippen LogP contribution in [0.1, 0.15) is 30.8 Å². The molecule has 2 aliphatic heterocycles. The van der Waals surface area contributed by atoms with Crippen LogP contribution in [-0.4, -0.2) is 35.8 Å². The second-order valence-corrected chi connectivity index (χ2v) is 6.80. The molecular weight excluding hydrogens is 308 g/mol. The maximum absolute atomic E-state index is 12.7. The molecule has 2 aliphatic rings. The van der Waals surface area contributed by atoms with E-state index in [1.807, 2.05) is 23.1 Å². The molecule has 1 saturated heterocycles. The highest BCUT2D eigenvalue weighted by Crippen LogP contribution is 2.36. The third kappa shape index (κ3) is 2.72. The quantitative estimate of drug-likeness (QED) is 0.847. The number of hydrogen-bond acceptors (Lipinski definition) is 5. The van der Waals surface area contributed by atoms with E-state index in [9.17, 15) is 4.79 Å². The van der Waals surface area contributed by atoms with E-state index < -0.39 is 0 Å². The van der Waals surface area contributed by atoms with E-state index in [0.717, 1.165) is 25.1 Å². The number of carbonyl (C=O) groups is 1. The molecule has 6 nitrogen and oxygen atoms in total. The van der Waals surface area contributed by atoms with Gasteiger partial charge in [0.2, 0.25) is 6.79 Å². The summed E-state index contributed by atoms with van der Waals surface area (Å²) in [6, 6.07) is 7.23. The van der Waals surface area contributed by atoms with Gasteiger partial charge in [-0.15, -0.1) is 0 Å². The van der Waals surface area contributed by atoms with Gasteiger partial charge in [-0.2, -0.15) is 0 Å². The van der Waals surface area contributed by atoms with Crippen LogP contribution in [-0.2, 0) is 0 Å². The first-order chi connectivity index (χ1) is 11.6. The lowest BCUT2D eigenvalue weighted by Gasteiger charge is -2.34. The maximum Gasteiger partial charge on any atom is 0.276 e. The molecule has 4 rings (SSSR count). The summed E-state index contributed by atoms with van der Waals surface area (Å²) in [5.41, 5.74) is 1.16. The maximum atomic E-state index is 12.7. The Labute approximate surface area is 140 Å². The van der Waals surface area contributed by atoms with Gasteiger partial charge in [-0.1, -0.05) is 19.0 Å². The first-order valence-corrected chi connectivity index (χ1v) is 8.26.